The number of alkyl halides is 2. The number of rotatable bonds is 5. The standard InChI is InChI=1S/C18H24ClF2N3O4S/c19-15-12-14(6-7-16(15)28-17(20)21)29(26,27)24-10-8-23(9-11-24)18(25)22-13-4-2-1-3-5-13/h6-7,12-13,17H,1-5,8-11H2,(H,22,25). The molecule has 2 aliphatic rings. The highest BCUT2D eigenvalue weighted by atomic mass is 35.5. The molecule has 1 aromatic carbocycles. The molecular weight excluding hydrogens is 428 g/mol. The van der Waals surface area contributed by atoms with Crippen molar-refractivity contribution in [2.75, 3.05) is 26.2 Å². The van der Waals surface area contributed by atoms with Gasteiger partial charge in [0.05, 0.1) is 9.92 Å². The topological polar surface area (TPSA) is 79.0 Å². The second-order valence-electron chi connectivity index (χ2n) is 7.15. The molecule has 11 heteroatoms. The average molecular weight is 452 g/mol. The molecule has 2 amide bonds. The highest BCUT2D eigenvalue weighted by Crippen LogP contribution is 2.30. The van der Waals surface area contributed by atoms with Crippen LogP contribution in [0.15, 0.2) is 23.1 Å². The van der Waals surface area contributed by atoms with E-state index in [0.29, 0.717) is 0 Å². The van der Waals surface area contributed by atoms with Gasteiger partial charge in [0.1, 0.15) is 5.75 Å². The average Bonchev–Trinajstić information content (AvgIpc) is 2.70. The van der Waals surface area contributed by atoms with Crippen molar-refractivity contribution in [1.82, 2.24) is 14.5 Å². The van der Waals surface area contributed by atoms with Crippen molar-refractivity contribution in [3.05, 3.63) is 23.2 Å². The number of hydrogen-bond donors (Lipinski definition) is 1. The summed E-state index contributed by atoms with van der Waals surface area (Å²) in [6, 6.07) is 3.41. The molecule has 0 spiro atoms. The Labute approximate surface area is 174 Å². The minimum atomic E-state index is -3.86. The number of carbonyl (C=O) groups excluding carboxylic acids is 1. The highest BCUT2D eigenvalue weighted by molar-refractivity contribution is 7.89. The van der Waals surface area contributed by atoms with Gasteiger partial charge >= 0.3 is 12.6 Å². The molecule has 29 heavy (non-hydrogen) atoms. The van der Waals surface area contributed by atoms with Crippen molar-refractivity contribution >= 4 is 27.7 Å². The van der Waals surface area contributed by atoms with Crippen LogP contribution in [0.4, 0.5) is 13.6 Å². The number of piperazine rings is 1. The zero-order valence-electron chi connectivity index (χ0n) is 15.8. The Morgan fingerprint density at radius 1 is 1.14 bits per heavy atom. The van der Waals surface area contributed by atoms with Crippen molar-refractivity contribution in [1.29, 1.82) is 0 Å². The minimum absolute atomic E-state index is 0.107. The number of sulfonamides is 1. The van der Waals surface area contributed by atoms with Gasteiger partial charge in [-0.3, -0.25) is 0 Å². The van der Waals surface area contributed by atoms with E-state index in [0.717, 1.165) is 37.8 Å². The molecule has 1 saturated carbocycles. The zero-order chi connectivity index (χ0) is 21.0. The van der Waals surface area contributed by atoms with Gasteiger partial charge in [0.25, 0.3) is 0 Å². The van der Waals surface area contributed by atoms with Crippen molar-refractivity contribution in [2.24, 2.45) is 0 Å². The first-order valence-electron chi connectivity index (χ1n) is 9.57. The van der Waals surface area contributed by atoms with E-state index >= 15 is 0 Å². The summed E-state index contributed by atoms with van der Waals surface area (Å²) in [7, 11) is -3.86. The van der Waals surface area contributed by atoms with Crippen LogP contribution in [0, 0.1) is 0 Å². The van der Waals surface area contributed by atoms with Gasteiger partial charge < -0.3 is 15.0 Å². The van der Waals surface area contributed by atoms with Crippen LogP contribution >= 0.6 is 11.6 Å². The number of ether oxygens (including phenoxy) is 1. The number of nitrogens with one attached hydrogen (secondary N) is 1. The summed E-state index contributed by atoms with van der Waals surface area (Å²) in [5, 5.41) is 2.82. The van der Waals surface area contributed by atoms with E-state index in [2.05, 4.69) is 10.1 Å². The van der Waals surface area contributed by atoms with Crippen molar-refractivity contribution < 1.29 is 26.7 Å². The van der Waals surface area contributed by atoms with Gasteiger partial charge in [-0.2, -0.15) is 13.1 Å². The molecular formula is C18H24ClF2N3O4S. The largest absolute Gasteiger partial charge is 0.433 e. The number of hydrogen-bond acceptors (Lipinski definition) is 4. The van der Waals surface area contributed by atoms with E-state index in [-0.39, 0.29) is 53.9 Å². The second kappa shape index (κ2) is 9.44. The maximum absolute atomic E-state index is 12.8. The van der Waals surface area contributed by atoms with E-state index in [1.165, 1.54) is 16.8 Å². The summed E-state index contributed by atoms with van der Waals surface area (Å²) < 4.78 is 55.8. The fourth-order valence-corrected chi connectivity index (χ4v) is 5.37. The summed E-state index contributed by atoms with van der Waals surface area (Å²) in [6.07, 6.45) is 5.38. The van der Waals surface area contributed by atoms with E-state index in [9.17, 15) is 22.0 Å². The van der Waals surface area contributed by atoms with Crippen LogP contribution in [0.25, 0.3) is 0 Å². The first-order chi connectivity index (χ1) is 13.8. The molecule has 1 aromatic rings. The van der Waals surface area contributed by atoms with Crippen LogP contribution in [0.3, 0.4) is 0 Å². The molecule has 2 fully saturated rings. The molecule has 0 aromatic heterocycles. The fraction of sp³-hybridized carbons (Fsp3) is 0.611. The summed E-state index contributed by atoms with van der Waals surface area (Å²) in [5.74, 6) is -0.287. The van der Waals surface area contributed by atoms with E-state index in [1.807, 2.05) is 0 Å². The lowest BCUT2D eigenvalue weighted by atomic mass is 9.96. The van der Waals surface area contributed by atoms with Crippen LogP contribution in [-0.4, -0.2) is 62.5 Å². The van der Waals surface area contributed by atoms with Gasteiger partial charge in [0, 0.05) is 32.2 Å². The number of halogens is 3. The molecule has 162 valence electrons. The van der Waals surface area contributed by atoms with Gasteiger partial charge in [-0.15, -0.1) is 0 Å². The third-order valence-electron chi connectivity index (χ3n) is 5.22. The van der Waals surface area contributed by atoms with Gasteiger partial charge in [-0.1, -0.05) is 30.9 Å². The van der Waals surface area contributed by atoms with Crippen LogP contribution in [0.1, 0.15) is 32.1 Å². The first kappa shape index (κ1) is 22.0. The molecule has 0 unspecified atom stereocenters. The molecule has 1 saturated heterocycles. The highest BCUT2D eigenvalue weighted by Gasteiger charge is 2.31. The molecule has 0 atom stereocenters. The lowest BCUT2D eigenvalue weighted by Crippen LogP contribution is -2.54. The maximum Gasteiger partial charge on any atom is 0.387 e. The van der Waals surface area contributed by atoms with Crippen molar-refractivity contribution in [2.45, 2.75) is 49.7 Å². The third kappa shape index (κ3) is 5.49. The monoisotopic (exact) mass is 451 g/mol. The smallest absolute Gasteiger partial charge is 0.387 e. The molecule has 1 N–H and O–H groups in total. The Morgan fingerprint density at radius 3 is 2.38 bits per heavy atom. The lowest BCUT2D eigenvalue weighted by molar-refractivity contribution is -0.0498. The van der Waals surface area contributed by atoms with Crippen LogP contribution in [-0.2, 0) is 10.0 Å². The molecule has 1 aliphatic heterocycles. The zero-order valence-corrected chi connectivity index (χ0v) is 17.4. The number of benzene rings is 1. The Hall–Kier alpha value is -1.65. The van der Waals surface area contributed by atoms with Gasteiger partial charge in [-0.05, 0) is 31.0 Å². The maximum atomic E-state index is 12.8. The van der Waals surface area contributed by atoms with Gasteiger partial charge in [0.2, 0.25) is 10.0 Å². The quantitative estimate of drug-likeness (QED) is 0.745. The lowest BCUT2D eigenvalue weighted by Gasteiger charge is -2.35. The Balaban J connectivity index is 1.59. The summed E-state index contributed by atoms with van der Waals surface area (Å²) >= 11 is 5.87. The molecule has 0 radical (unpaired) electrons. The predicted molar refractivity (Wildman–Crippen MR) is 104 cm³/mol. The fourth-order valence-electron chi connectivity index (χ4n) is 3.63. The second-order valence-corrected chi connectivity index (χ2v) is 9.49. The van der Waals surface area contributed by atoms with E-state index in [1.54, 1.807) is 4.90 Å². The third-order valence-corrected chi connectivity index (χ3v) is 7.41. The van der Waals surface area contributed by atoms with Crippen LogP contribution in [0.5, 0.6) is 5.75 Å². The molecule has 7 nitrogen and oxygen atoms in total. The van der Waals surface area contributed by atoms with Gasteiger partial charge in [-0.25, -0.2) is 13.2 Å². The van der Waals surface area contributed by atoms with Crippen LogP contribution < -0.4 is 10.1 Å². The van der Waals surface area contributed by atoms with Crippen molar-refractivity contribution in [3.8, 4) is 5.75 Å². The van der Waals surface area contributed by atoms with Gasteiger partial charge in [0.15, 0.2) is 0 Å². The normalized spacial score (nSPS) is 19.4. The minimum Gasteiger partial charge on any atom is -0.433 e. The van der Waals surface area contributed by atoms with Crippen LogP contribution in [0.2, 0.25) is 5.02 Å². The molecule has 3 rings (SSSR count). The molecule has 1 heterocycles. The van der Waals surface area contributed by atoms with E-state index in [4.69, 9.17) is 11.6 Å². The SMILES string of the molecule is O=C(NC1CCCCC1)N1CCN(S(=O)(=O)c2ccc(OC(F)F)c(Cl)c2)CC1. The Kier molecular flexibility index (Phi) is 7.18. The Bertz CT molecular complexity index is 826. The first-order valence-corrected chi connectivity index (χ1v) is 11.4. The number of amides is 2. The summed E-state index contributed by atoms with van der Waals surface area (Å²) in [6.45, 7) is -2.21. The van der Waals surface area contributed by atoms with E-state index < -0.39 is 16.6 Å². The summed E-state index contributed by atoms with van der Waals surface area (Å²) in [4.78, 5) is 13.9. The summed E-state index contributed by atoms with van der Waals surface area (Å²) in [5.41, 5.74) is 0. The number of nitrogens with zero attached hydrogens (tertiary/aromatic N) is 2. The predicted octanol–water partition coefficient (Wildman–Crippen LogP) is 3.29. The number of carbonyl (C=O) groups is 1. The number of urea groups is 1. The Morgan fingerprint density at radius 2 is 1.79 bits per heavy atom. The molecule has 1 aliphatic carbocycles. The van der Waals surface area contributed by atoms with Crippen molar-refractivity contribution in [3.63, 3.8) is 0 Å². The molecule has 0 bridgehead atoms.